The first-order valence-electron chi connectivity index (χ1n) is 7.57. The second kappa shape index (κ2) is 7.96. The molecule has 0 saturated heterocycles. The molecule has 0 bridgehead atoms. The minimum Gasteiger partial charge on any atom is -0.497 e. The highest BCUT2D eigenvalue weighted by molar-refractivity contribution is 9.10. The van der Waals surface area contributed by atoms with Gasteiger partial charge in [0.2, 0.25) is 5.82 Å². The summed E-state index contributed by atoms with van der Waals surface area (Å²) in [5, 5.41) is 20.6. The van der Waals surface area contributed by atoms with Gasteiger partial charge in [0.25, 0.3) is 5.91 Å². The first-order chi connectivity index (χ1) is 13.0. The third-order valence-electron chi connectivity index (χ3n) is 3.50. The molecule has 10 heteroatoms. The predicted molar refractivity (Wildman–Crippen MR) is 99.8 cm³/mol. The first kappa shape index (κ1) is 18.5. The van der Waals surface area contributed by atoms with Crippen molar-refractivity contribution in [3.63, 3.8) is 0 Å². The lowest BCUT2D eigenvalue weighted by Gasteiger charge is -2.08. The number of benzene rings is 2. The zero-order chi connectivity index (χ0) is 19.4. The van der Waals surface area contributed by atoms with E-state index in [0.29, 0.717) is 17.0 Å². The third-order valence-corrected chi connectivity index (χ3v) is 4.11. The average molecular weight is 434 g/mol. The number of amidine groups is 1. The van der Waals surface area contributed by atoms with Crippen molar-refractivity contribution in [2.45, 2.75) is 0 Å². The van der Waals surface area contributed by atoms with E-state index < -0.39 is 11.7 Å². The number of amides is 1. The van der Waals surface area contributed by atoms with Crippen LogP contribution in [0, 0.1) is 11.2 Å². The standard InChI is InChI=1S/C17H13BrFN5O3/c1-26-11-5-2-9(3-6-11)17(25)22-16-14(23-27-24-16)15(20)21-10-4-7-13(19)12(18)8-10/h2-8H,1H3,(H2,20,21)(H,22,24,25). The van der Waals surface area contributed by atoms with Gasteiger partial charge in [-0.15, -0.1) is 0 Å². The van der Waals surface area contributed by atoms with Crippen molar-refractivity contribution in [1.82, 2.24) is 10.3 Å². The van der Waals surface area contributed by atoms with Crippen LogP contribution in [-0.2, 0) is 0 Å². The van der Waals surface area contributed by atoms with Crippen LogP contribution in [0.2, 0.25) is 0 Å². The van der Waals surface area contributed by atoms with Crippen molar-refractivity contribution < 1.29 is 18.6 Å². The van der Waals surface area contributed by atoms with E-state index in [9.17, 15) is 9.18 Å². The van der Waals surface area contributed by atoms with Crippen LogP contribution in [0.15, 0.2) is 51.6 Å². The molecule has 0 aliphatic rings. The van der Waals surface area contributed by atoms with Gasteiger partial charge >= 0.3 is 0 Å². The van der Waals surface area contributed by atoms with Gasteiger partial charge in [-0.05, 0) is 68.7 Å². The van der Waals surface area contributed by atoms with Crippen molar-refractivity contribution in [3.05, 3.63) is 64.0 Å². The maximum atomic E-state index is 13.3. The molecule has 2 aromatic carbocycles. The minimum atomic E-state index is -0.452. The Morgan fingerprint density at radius 2 is 1.93 bits per heavy atom. The Balaban J connectivity index is 1.73. The molecule has 0 spiro atoms. The van der Waals surface area contributed by atoms with E-state index >= 15 is 0 Å². The van der Waals surface area contributed by atoms with Gasteiger partial charge in [-0.25, -0.2) is 9.02 Å². The lowest BCUT2D eigenvalue weighted by Crippen LogP contribution is -2.18. The maximum absolute atomic E-state index is 13.3. The van der Waals surface area contributed by atoms with E-state index in [2.05, 4.69) is 41.5 Å². The smallest absolute Gasteiger partial charge is 0.256 e. The second-order valence-electron chi connectivity index (χ2n) is 5.27. The molecular formula is C17H13BrFN5O3. The molecular weight excluding hydrogens is 421 g/mol. The van der Waals surface area contributed by atoms with Crippen LogP contribution in [0.5, 0.6) is 5.75 Å². The zero-order valence-electron chi connectivity index (χ0n) is 13.9. The molecule has 0 saturated carbocycles. The summed E-state index contributed by atoms with van der Waals surface area (Å²) >= 11 is 3.07. The number of nitrogens with zero attached hydrogens (tertiary/aromatic N) is 2. The number of carbonyl (C=O) groups excluding carboxylic acids is 1. The van der Waals surface area contributed by atoms with E-state index in [0.717, 1.165) is 0 Å². The second-order valence-corrected chi connectivity index (χ2v) is 6.13. The average Bonchev–Trinajstić information content (AvgIpc) is 3.13. The van der Waals surface area contributed by atoms with Gasteiger partial charge in [-0.2, -0.15) is 0 Å². The van der Waals surface area contributed by atoms with Crippen molar-refractivity contribution in [2.24, 2.45) is 0 Å². The molecule has 0 fully saturated rings. The van der Waals surface area contributed by atoms with Gasteiger partial charge in [0.1, 0.15) is 11.6 Å². The minimum absolute atomic E-state index is 0.00249. The Morgan fingerprint density at radius 1 is 1.19 bits per heavy atom. The van der Waals surface area contributed by atoms with Crippen molar-refractivity contribution in [2.75, 3.05) is 17.7 Å². The number of halogens is 2. The lowest BCUT2D eigenvalue weighted by atomic mass is 10.2. The van der Waals surface area contributed by atoms with Crippen LogP contribution >= 0.6 is 15.9 Å². The summed E-state index contributed by atoms with van der Waals surface area (Å²) in [4.78, 5) is 12.3. The predicted octanol–water partition coefficient (Wildman–Crippen LogP) is 3.67. The fourth-order valence-electron chi connectivity index (χ4n) is 2.13. The molecule has 3 N–H and O–H groups in total. The Hall–Kier alpha value is -3.27. The fraction of sp³-hybridized carbons (Fsp3) is 0.0588. The topological polar surface area (TPSA) is 113 Å². The summed E-state index contributed by atoms with van der Waals surface area (Å²) < 4.78 is 23.2. The van der Waals surface area contributed by atoms with Gasteiger partial charge in [-0.1, -0.05) is 0 Å². The maximum Gasteiger partial charge on any atom is 0.256 e. The van der Waals surface area contributed by atoms with E-state index in [1.165, 1.54) is 25.3 Å². The normalized spacial score (nSPS) is 10.3. The van der Waals surface area contributed by atoms with Crippen molar-refractivity contribution in [1.29, 1.82) is 5.41 Å². The fourth-order valence-corrected chi connectivity index (χ4v) is 2.51. The van der Waals surface area contributed by atoms with Crippen LogP contribution in [0.3, 0.4) is 0 Å². The molecule has 1 heterocycles. The molecule has 0 atom stereocenters. The van der Waals surface area contributed by atoms with Crippen LogP contribution < -0.4 is 15.4 Å². The highest BCUT2D eigenvalue weighted by Crippen LogP contribution is 2.21. The van der Waals surface area contributed by atoms with Crippen LogP contribution in [0.1, 0.15) is 16.1 Å². The van der Waals surface area contributed by atoms with E-state index in [1.54, 1.807) is 24.3 Å². The van der Waals surface area contributed by atoms with Gasteiger partial charge in [0.15, 0.2) is 11.5 Å². The zero-order valence-corrected chi connectivity index (χ0v) is 15.5. The number of anilines is 2. The Morgan fingerprint density at radius 3 is 2.59 bits per heavy atom. The van der Waals surface area contributed by atoms with Crippen LogP contribution in [0.4, 0.5) is 15.9 Å². The molecule has 1 aromatic heterocycles. The van der Waals surface area contributed by atoms with Gasteiger partial charge in [0.05, 0.1) is 11.6 Å². The first-order valence-corrected chi connectivity index (χ1v) is 8.36. The molecule has 1 amide bonds. The number of hydrogen-bond acceptors (Lipinski definition) is 6. The lowest BCUT2D eigenvalue weighted by molar-refractivity contribution is 0.102. The number of nitrogens with one attached hydrogen (secondary N) is 3. The monoisotopic (exact) mass is 433 g/mol. The molecule has 0 radical (unpaired) electrons. The van der Waals surface area contributed by atoms with E-state index in [1.807, 2.05) is 0 Å². The number of ether oxygens (including phenoxy) is 1. The molecule has 0 unspecified atom stereocenters. The molecule has 0 aliphatic carbocycles. The summed E-state index contributed by atoms with van der Waals surface area (Å²) in [6, 6.07) is 10.6. The van der Waals surface area contributed by atoms with E-state index in [4.69, 9.17) is 10.1 Å². The number of hydrogen-bond donors (Lipinski definition) is 3. The largest absolute Gasteiger partial charge is 0.497 e. The Bertz CT molecular complexity index is 990. The number of rotatable bonds is 5. The highest BCUT2D eigenvalue weighted by atomic mass is 79.9. The van der Waals surface area contributed by atoms with Crippen molar-refractivity contribution >= 4 is 39.2 Å². The van der Waals surface area contributed by atoms with Gasteiger partial charge in [-0.3, -0.25) is 10.2 Å². The third kappa shape index (κ3) is 4.29. The number of methoxy groups -OCH3 is 1. The van der Waals surface area contributed by atoms with E-state index in [-0.39, 0.29) is 21.8 Å². The molecule has 27 heavy (non-hydrogen) atoms. The molecule has 8 nitrogen and oxygen atoms in total. The summed E-state index contributed by atoms with van der Waals surface area (Å²) in [5.74, 6) is -0.462. The molecule has 3 rings (SSSR count). The summed E-state index contributed by atoms with van der Waals surface area (Å²) in [7, 11) is 1.53. The Kier molecular flexibility index (Phi) is 5.46. The van der Waals surface area contributed by atoms with Crippen LogP contribution in [-0.4, -0.2) is 29.2 Å². The summed E-state index contributed by atoms with van der Waals surface area (Å²) in [6.45, 7) is 0. The molecule has 138 valence electrons. The number of carbonyl (C=O) groups is 1. The van der Waals surface area contributed by atoms with Crippen LogP contribution in [0.25, 0.3) is 0 Å². The summed E-state index contributed by atoms with van der Waals surface area (Å²) in [5.41, 5.74) is 0.813. The molecule has 0 aliphatic heterocycles. The van der Waals surface area contributed by atoms with Gasteiger partial charge < -0.3 is 15.4 Å². The number of aromatic nitrogens is 2. The van der Waals surface area contributed by atoms with Gasteiger partial charge in [0, 0.05) is 11.3 Å². The van der Waals surface area contributed by atoms with Crippen molar-refractivity contribution in [3.8, 4) is 5.75 Å². The summed E-state index contributed by atoms with van der Waals surface area (Å²) in [6.07, 6.45) is 0. The highest BCUT2D eigenvalue weighted by Gasteiger charge is 2.19. The molecule has 3 aromatic rings. The Labute approximate surface area is 161 Å². The SMILES string of the molecule is COc1ccc(C(=O)Nc2nonc2C(=N)Nc2ccc(F)c(Br)c2)cc1. The quantitative estimate of drug-likeness (QED) is 0.417.